The van der Waals surface area contributed by atoms with Crippen LogP contribution in [0.2, 0.25) is 0 Å². The largest absolute Gasteiger partial charge is 0.450 e. The molecule has 448 valence electrons. The molecule has 0 bridgehead atoms. The van der Waals surface area contributed by atoms with Gasteiger partial charge in [-0.1, -0.05) is 81.0 Å². The number of nitrogens with zero attached hydrogens (tertiary/aromatic N) is 4. The zero-order valence-corrected chi connectivity index (χ0v) is 45.4. The molecule has 4 aliphatic heterocycles. The van der Waals surface area contributed by atoms with Crippen LogP contribution in [0.25, 0.3) is 11.3 Å². The second-order valence-corrected chi connectivity index (χ2v) is 22.2. The number of rotatable bonds is 21. The molecule has 6 fully saturated rings. The predicted molar refractivity (Wildman–Crippen MR) is 278 cm³/mol. The summed E-state index contributed by atoms with van der Waals surface area (Å²) in [6, 6.07) is 12.4. The normalized spacial score (nSPS) is 36.1. The standard InChI is InChI=1S/C56H78FN5O19/c1-3-31-23-34(51(71)58-18-21-74-54-45(68)41(43(66)39(27-63)78-54)62-26-36(59-60-62)33-16-10-17-35(57)24-33)25-37(48(31)81-55-47(70)46(69)42(65)29(2)75-55)77-56-50(80-53(73)32-14-8-5-9-15-32)49(44(67)40(28-64)79-56)76-38(52(72)61-19-11-20-61)22-30-12-6-4-7-13-30/h5,8-10,14-17,24,26,29-31,34,37-50,54-56,63-70H,3-4,6-7,11-13,18-23,25,27-28H2,1-2H3,(H,58,71)/t29?,31?,34?,37-,38+,39?,40?,41?,42-,43-,44+,45?,46?,47?,48?,49?,50?,54+,55+,56-/m1/s1. The van der Waals surface area contributed by atoms with Gasteiger partial charge in [-0.05, 0) is 68.7 Å². The van der Waals surface area contributed by atoms with Crippen LogP contribution in [-0.2, 0) is 47.5 Å². The number of hydrogen-bond donors (Lipinski definition) is 9. The van der Waals surface area contributed by atoms with Crippen LogP contribution in [0.3, 0.4) is 0 Å². The van der Waals surface area contributed by atoms with Gasteiger partial charge in [0.1, 0.15) is 78.6 Å². The highest BCUT2D eigenvalue weighted by Crippen LogP contribution is 2.41. The molecule has 20 atom stereocenters. The van der Waals surface area contributed by atoms with Crippen molar-refractivity contribution < 1.29 is 97.5 Å². The van der Waals surface area contributed by atoms with Crippen molar-refractivity contribution in [1.29, 1.82) is 0 Å². The van der Waals surface area contributed by atoms with Gasteiger partial charge in [-0.2, -0.15) is 0 Å². The third-order valence-corrected chi connectivity index (χ3v) is 16.8. The molecule has 0 spiro atoms. The van der Waals surface area contributed by atoms with E-state index in [1.54, 1.807) is 29.2 Å². The molecule has 9 rings (SSSR count). The van der Waals surface area contributed by atoms with Crippen molar-refractivity contribution in [1.82, 2.24) is 25.2 Å². The minimum atomic E-state index is -1.73. The average molecular weight is 1140 g/mol. The van der Waals surface area contributed by atoms with Crippen LogP contribution in [0.5, 0.6) is 0 Å². The number of nitrogens with one attached hydrogen (secondary N) is 1. The summed E-state index contributed by atoms with van der Waals surface area (Å²) in [6.07, 6.45) is -16.5. The summed E-state index contributed by atoms with van der Waals surface area (Å²) < 4.78 is 65.5. The fourth-order valence-corrected chi connectivity index (χ4v) is 12.0. The molecular weight excluding hydrogens is 1070 g/mol. The lowest BCUT2D eigenvalue weighted by atomic mass is 9.75. The van der Waals surface area contributed by atoms with Crippen LogP contribution in [0.15, 0.2) is 60.8 Å². The van der Waals surface area contributed by atoms with E-state index in [-0.39, 0.29) is 49.1 Å². The summed E-state index contributed by atoms with van der Waals surface area (Å²) in [4.78, 5) is 44.5. The van der Waals surface area contributed by atoms with E-state index in [0.717, 1.165) is 38.5 Å². The van der Waals surface area contributed by atoms with Gasteiger partial charge in [-0.15, -0.1) is 5.10 Å². The number of halogens is 1. The molecule has 24 nitrogen and oxygen atoms in total. The molecule has 6 aliphatic rings. The Bertz CT molecular complexity index is 2510. The Labute approximate surface area is 468 Å². The Kier molecular flexibility index (Phi) is 20.9. The van der Waals surface area contributed by atoms with E-state index in [1.165, 1.54) is 48.1 Å². The summed E-state index contributed by atoms with van der Waals surface area (Å²) in [7, 11) is 0. The lowest BCUT2D eigenvalue weighted by molar-refractivity contribution is -0.349. The molecule has 25 heteroatoms. The first kappa shape index (κ1) is 60.9. The van der Waals surface area contributed by atoms with Gasteiger partial charge in [0.2, 0.25) is 5.91 Å². The second-order valence-electron chi connectivity index (χ2n) is 22.2. The van der Waals surface area contributed by atoms with Crippen LogP contribution < -0.4 is 5.32 Å². The molecule has 4 saturated heterocycles. The molecule has 81 heavy (non-hydrogen) atoms. The van der Waals surface area contributed by atoms with Crippen molar-refractivity contribution >= 4 is 17.8 Å². The molecular formula is C56H78FN5O19. The lowest BCUT2D eigenvalue weighted by Gasteiger charge is -2.49. The van der Waals surface area contributed by atoms with E-state index >= 15 is 0 Å². The maximum absolute atomic E-state index is 14.4. The van der Waals surface area contributed by atoms with Crippen molar-refractivity contribution in [3.8, 4) is 11.3 Å². The number of benzene rings is 2. The SMILES string of the molecule is CCC1CC(C(=O)NCCO[C@H]2OC(CO)[C@@H](O)C(n3cc(-c4cccc(F)c4)nn3)C2O)C[C@@H](O[C@@H]2OC(CO)[C@H](O)C(O[C@@H](CC3CCCCC3)C(=O)N3CCC3)C2OC(=O)c2ccccc2)C1O[C@@H]1OC(C)[C@@H](O)C(O)C1O. The topological polar surface area (TPSA) is 333 Å². The number of aliphatic hydroxyl groups is 8. The predicted octanol–water partition coefficient (Wildman–Crippen LogP) is 0.491. The molecule has 2 saturated carbocycles. The van der Waals surface area contributed by atoms with Gasteiger partial charge in [0.15, 0.2) is 25.0 Å². The lowest BCUT2D eigenvalue weighted by Crippen LogP contribution is -2.64. The maximum Gasteiger partial charge on any atom is 0.338 e. The summed E-state index contributed by atoms with van der Waals surface area (Å²) in [5.41, 5.74) is 0.778. The van der Waals surface area contributed by atoms with E-state index in [2.05, 4.69) is 15.6 Å². The molecule has 0 radical (unpaired) electrons. The van der Waals surface area contributed by atoms with Crippen molar-refractivity contribution in [2.24, 2.45) is 17.8 Å². The molecule has 5 heterocycles. The van der Waals surface area contributed by atoms with Gasteiger partial charge < -0.3 is 89.0 Å². The fourth-order valence-electron chi connectivity index (χ4n) is 12.0. The number of likely N-dealkylation sites (tertiary alicyclic amines) is 1. The van der Waals surface area contributed by atoms with E-state index in [1.807, 2.05) is 6.92 Å². The van der Waals surface area contributed by atoms with Gasteiger partial charge in [-0.3, -0.25) is 9.59 Å². The molecule has 2 aliphatic carbocycles. The monoisotopic (exact) mass is 1140 g/mol. The summed E-state index contributed by atoms with van der Waals surface area (Å²) >= 11 is 0. The average Bonchev–Trinajstić information content (AvgIpc) is 4.05. The first-order valence-corrected chi connectivity index (χ1v) is 28.4. The van der Waals surface area contributed by atoms with Crippen LogP contribution in [-0.4, -0.2) is 222 Å². The van der Waals surface area contributed by atoms with Crippen molar-refractivity contribution in [3.05, 3.63) is 72.2 Å². The molecule has 9 N–H and O–H groups in total. The molecule has 2 aromatic carbocycles. The Hall–Kier alpha value is -4.68. The number of carbonyl (C=O) groups is 3. The molecule has 1 aromatic heterocycles. The summed E-state index contributed by atoms with van der Waals surface area (Å²) in [5, 5.41) is 99.3. The van der Waals surface area contributed by atoms with E-state index in [4.69, 9.17) is 37.9 Å². The minimum absolute atomic E-state index is 0.121. The maximum atomic E-state index is 14.4. The highest BCUT2D eigenvalue weighted by atomic mass is 19.1. The number of hydrogen-bond acceptors (Lipinski definition) is 21. The highest BCUT2D eigenvalue weighted by Gasteiger charge is 2.55. The molecule has 2 amide bonds. The third kappa shape index (κ3) is 14.1. The van der Waals surface area contributed by atoms with Crippen LogP contribution in [0.4, 0.5) is 4.39 Å². The zero-order chi connectivity index (χ0) is 57.5. The minimum Gasteiger partial charge on any atom is -0.450 e. The number of carbonyl (C=O) groups excluding carboxylic acids is 3. The molecule has 12 unspecified atom stereocenters. The highest BCUT2D eigenvalue weighted by molar-refractivity contribution is 5.89. The smallest absolute Gasteiger partial charge is 0.338 e. The Morgan fingerprint density at radius 1 is 0.778 bits per heavy atom. The number of aliphatic hydroxyl groups excluding tert-OH is 8. The number of aromatic nitrogens is 3. The fraction of sp³-hybridized carbons (Fsp3) is 0.696. The van der Waals surface area contributed by atoms with Crippen LogP contribution in [0, 0.1) is 23.6 Å². The van der Waals surface area contributed by atoms with Crippen molar-refractivity contribution in [3.63, 3.8) is 0 Å². The van der Waals surface area contributed by atoms with Gasteiger partial charge in [0.05, 0.1) is 49.9 Å². The van der Waals surface area contributed by atoms with E-state index in [9.17, 15) is 59.6 Å². The molecule has 3 aromatic rings. The first-order chi connectivity index (χ1) is 39.1. The Morgan fingerprint density at radius 3 is 2.20 bits per heavy atom. The van der Waals surface area contributed by atoms with Crippen LogP contribution >= 0.6 is 0 Å². The van der Waals surface area contributed by atoms with E-state index in [0.29, 0.717) is 31.5 Å². The zero-order valence-electron chi connectivity index (χ0n) is 45.4. The van der Waals surface area contributed by atoms with Gasteiger partial charge in [-0.25, -0.2) is 13.9 Å². The number of ether oxygens (including phenoxy) is 8. The number of amides is 2. The summed E-state index contributed by atoms with van der Waals surface area (Å²) in [5.74, 6) is -3.36. The van der Waals surface area contributed by atoms with Crippen molar-refractivity contribution in [2.45, 2.75) is 188 Å². The van der Waals surface area contributed by atoms with Gasteiger partial charge in [0.25, 0.3) is 5.91 Å². The quantitative estimate of drug-likeness (QED) is 0.0518. The number of esters is 1. The Balaban J connectivity index is 0.955. The van der Waals surface area contributed by atoms with Gasteiger partial charge in [0, 0.05) is 31.1 Å². The van der Waals surface area contributed by atoms with E-state index < -0.39 is 153 Å². The first-order valence-electron chi connectivity index (χ1n) is 28.4. The van der Waals surface area contributed by atoms with Gasteiger partial charge >= 0.3 is 5.97 Å². The summed E-state index contributed by atoms with van der Waals surface area (Å²) in [6.45, 7) is 2.60. The van der Waals surface area contributed by atoms with Crippen LogP contribution in [0.1, 0.15) is 94.5 Å². The second kappa shape index (κ2) is 27.8. The third-order valence-electron chi connectivity index (χ3n) is 16.8. The Morgan fingerprint density at radius 2 is 1.51 bits per heavy atom. The van der Waals surface area contributed by atoms with Crippen molar-refractivity contribution in [2.75, 3.05) is 39.5 Å².